The molecule has 1 fully saturated rings. The van der Waals surface area contributed by atoms with Gasteiger partial charge in [0.15, 0.2) is 18.5 Å². The Morgan fingerprint density at radius 2 is 1.61 bits per heavy atom. The minimum atomic E-state index is -0.755. The summed E-state index contributed by atoms with van der Waals surface area (Å²) >= 11 is 0. The molecule has 7 nitrogen and oxygen atoms in total. The van der Waals surface area contributed by atoms with E-state index < -0.39 is 36.5 Å². The summed E-state index contributed by atoms with van der Waals surface area (Å²) in [5.41, 5.74) is 0. The van der Waals surface area contributed by atoms with Crippen LogP contribution in [-0.2, 0) is 33.3 Å². The third kappa shape index (κ3) is 3.66. The predicted octanol–water partition coefficient (Wildman–Crippen LogP) is -0.133. The minimum absolute atomic E-state index is 0.0793. The van der Waals surface area contributed by atoms with Gasteiger partial charge in [-0.3, -0.25) is 9.59 Å². The lowest BCUT2D eigenvalue weighted by molar-refractivity contribution is -0.275. The maximum atomic E-state index is 11.1. The van der Waals surface area contributed by atoms with Crippen molar-refractivity contribution in [2.75, 3.05) is 20.8 Å². The van der Waals surface area contributed by atoms with Gasteiger partial charge in [-0.05, 0) is 0 Å². The molecule has 0 N–H and O–H groups in total. The van der Waals surface area contributed by atoms with Crippen molar-refractivity contribution in [3.05, 3.63) is 0 Å². The van der Waals surface area contributed by atoms with Gasteiger partial charge < -0.3 is 23.7 Å². The lowest BCUT2D eigenvalue weighted by Crippen LogP contribution is -2.57. The van der Waals surface area contributed by atoms with Crippen LogP contribution in [-0.4, -0.2) is 57.4 Å². The zero-order valence-electron chi connectivity index (χ0n) is 10.9. The van der Waals surface area contributed by atoms with Crippen LogP contribution in [0.15, 0.2) is 0 Å². The van der Waals surface area contributed by atoms with Crippen LogP contribution in [0.25, 0.3) is 0 Å². The fourth-order valence-electron chi connectivity index (χ4n) is 1.84. The second-order valence-electron chi connectivity index (χ2n) is 3.86. The van der Waals surface area contributed by atoms with Gasteiger partial charge in [0.25, 0.3) is 0 Å². The Bertz CT molecular complexity index is 304. The number of carbonyl (C=O) groups excluding carboxylic acids is 2. The quantitative estimate of drug-likeness (QED) is 0.653. The molecule has 4 atom stereocenters. The van der Waals surface area contributed by atoms with Crippen LogP contribution in [0.4, 0.5) is 0 Å². The Kier molecular flexibility index (Phi) is 5.52. The van der Waals surface area contributed by atoms with E-state index >= 15 is 0 Å². The SMILES string of the molecule is COC1OCC(OC(C)=O)C(OC(C)=O)C1OC. The lowest BCUT2D eigenvalue weighted by Gasteiger charge is -2.39. The number of rotatable bonds is 4. The summed E-state index contributed by atoms with van der Waals surface area (Å²) in [5.74, 6) is -0.970. The molecule has 0 saturated carbocycles. The predicted molar refractivity (Wildman–Crippen MR) is 58.7 cm³/mol. The van der Waals surface area contributed by atoms with Crippen molar-refractivity contribution < 1.29 is 33.3 Å². The Morgan fingerprint density at radius 1 is 1.00 bits per heavy atom. The molecule has 18 heavy (non-hydrogen) atoms. The van der Waals surface area contributed by atoms with E-state index in [4.69, 9.17) is 23.7 Å². The molecule has 0 aromatic heterocycles. The highest BCUT2D eigenvalue weighted by molar-refractivity contribution is 5.67. The summed E-state index contributed by atoms with van der Waals surface area (Å²) in [6, 6.07) is 0. The number of carbonyl (C=O) groups is 2. The highest BCUT2D eigenvalue weighted by atomic mass is 16.7. The normalized spacial score (nSPS) is 31.8. The van der Waals surface area contributed by atoms with Gasteiger partial charge in [-0.1, -0.05) is 0 Å². The number of ether oxygens (including phenoxy) is 5. The van der Waals surface area contributed by atoms with Gasteiger partial charge in [0.05, 0.1) is 6.61 Å². The number of esters is 2. The van der Waals surface area contributed by atoms with Gasteiger partial charge in [0.1, 0.15) is 6.10 Å². The first-order valence-electron chi connectivity index (χ1n) is 5.51. The minimum Gasteiger partial charge on any atom is -0.456 e. The molecule has 1 saturated heterocycles. The maximum Gasteiger partial charge on any atom is 0.303 e. The van der Waals surface area contributed by atoms with E-state index in [1.165, 1.54) is 28.1 Å². The number of hydrogen-bond donors (Lipinski definition) is 0. The first-order valence-corrected chi connectivity index (χ1v) is 5.51. The molecule has 0 spiro atoms. The third-order valence-electron chi connectivity index (χ3n) is 2.51. The molecular weight excluding hydrogens is 244 g/mol. The van der Waals surface area contributed by atoms with Crippen molar-refractivity contribution >= 4 is 11.9 Å². The van der Waals surface area contributed by atoms with E-state index in [0.717, 1.165) is 0 Å². The first-order chi connectivity index (χ1) is 8.49. The van der Waals surface area contributed by atoms with Crippen LogP contribution < -0.4 is 0 Å². The number of methoxy groups -OCH3 is 2. The van der Waals surface area contributed by atoms with E-state index in [-0.39, 0.29) is 6.61 Å². The van der Waals surface area contributed by atoms with Crippen LogP contribution in [0.3, 0.4) is 0 Å². The summed E-state index contributed by atoms with van der Waals surface area (Å²) in [6.45, 7) is 2.62. The van der Waals surface area contributed by atoms with Crippen LogP contribution in [0, 0.1) is 0 Å². The zero-order chi connectivity index (χ0) is 13.7. The van der Waals surface area contributed by atoms with Gasteiger partial charge in [-0.15, -0.1) is 0 Å². The van der Waals surface area contributed by atoms with E-state index in [1.807, 2.05) is 0 Å². The highest BCUT2D eigenvalue weighted by Crippen LogP contribution is 2.23. The van der Waals surface area contributed by atoms with E-state index in [1.54, 1.807) is 0 Å². The molecule has 7 heteroatoms. The summed E-state index contributed by atoms with van der Waals surface area (Å²) in [4.78, 5) is 22.1. The van der Waals surface area contributed by atoms with Crippen LogP contribution >= 0.6 is 0 Å². The van der Waals surface area contributed by atoms with E-state index in [2.05, 4.69) is 0 Å². The number of hydrogen-bond acceptors (Lipinski definition) is 7. The Morgan fingerprint density at radius 3 is 2.06 bits per heavy atom. The molecule has 1 rings (SSSR count). The van der Waals surface area contributed by atoms with Gasteiger partial charge in [-0.2, -0.15) is 0 Å². The van der Waals surface area contributed by atoms with Crippen LogP contribution in [0.5, 0.6) is 0 Å². The Hall–Kier alpha value is -1.18. The molecule has 4 unspecified atom stereocenters. The second kappa shape index (κ2) is 6.67. The first kappa shape index (κ1) is 14.9. The van der Waals surface area contributed by atoms with Crippen molar-refractivity contribution in [3.63, 3.8) is 0 Å². The van der Waals surface area contributed by atoms with Crippen molar-refractivity contribution in [1.29, 1.82) is 0 Å². The van der Waals surface area contributed by atoms with Crippen LogP contribution in [0.2, 0.25) is 0 Å². The molecule has 0 bridgehead atoms. The fourth-order valence-corrected chi connectivity index (χ4v) is 1.84. The molecule has 104 valence electrons. The van der Waals surface area contributed by atoms with E-state index in [9.17, 15) is 9.59 Å². The molecular formula is C11H18O7. The molecule has 0 aliphatic carbocycles. The van der Waals surface area contributed by atoms with Gasteiger partial charge in [0, 0.05) is 28.1 Å². The highest BCUT2D eigenvalue weighted by Gasteiger charge is 2.45. The maximum absolute atomic E-state index is 11.1. The fraction of sp³-hybridized carbons (Fsp3) is 0.818. The molecule has 1 aliphatic rings. The third-order valence-corrected chi connectivity index (χ3v) is 2.51. The zero-order valence-corrected chi connectivity index (χ0v) is 10.9. The summed E-state index contributed by atoms with van der Waals surface area (Å²) < 4.78 is 25.8. The van der Waals surface area contributed by atoms with Gasteiger partial charge in [-0.25, -0.2) is 0 Å². The monoisotopic (exact) mass is 262 g/mol. The van der Waals surface area contributed by atoms with Crippen molar-refractivity contribution in [1.82, 2.24) is 0 Å². The molecule has 0 amide bonds. The summed E-state index contributed by atoms with van der Waals surface area (Å²) in [7, 11) is 2.89. The average Bonchev–Trinajstić information content (AvgIpc) is 2.29. The molecule has 1 aliphatic heterocycles. The summed E-state index contributed by atoms with van der Waals surface area (Å²) in [5, 5.41) is 0. The van der Waals surface area contributed by atoms with E-state index in [0.29, 0.717) is 0 Å². The lowest BCUT2D eigenvalue weighted by atomic mass is 10.0. The molecule has 0 aromatic rings. The van der Waals surface area contributed by atoms with Crippen molar-refractivity contribution in [3.8, 4) is 0 Å². The topological polar surface area (TPSA) is 80.3 Å². The standard InChI is InChI=1S/C11H18O7/c1-6(12)17-8-5-16-11(15-4)10(14-3)9(8)18-7(2)13/h8-11H,5H2,1-4H3. The van der Waals surface area contributed by atoms with Crippen molar-refractivity contribution in [2.45, 2.75) is 38.4 Å². The average molecular weight is 262 g/mol. The van der Waals surface area contributed by atoms with Gasteiger partial charge in [0.2, 0.25) is 0 Å². The summed E-state index contributed by atoms with van der Waals surface area (Å²) in [6.07, 6.45) is -2.79. The molecule has 0 radical (unpaired) electrons. The molecule has 1 heterocycles. The second-order valence-corrected chi connectivity index (χ2v) is 3.86. The van der Waals surface area contributed by atoms with Crippen molar-refractivity contribution in [2.24, 2.45) is 0 Å². The van der Waals surface area contributed by atoms with Gasteiger partial charge >= 0.3 is 11.9 Å². The molecule has 0 aromatic carbocycles. The Labute approximate surface area is 105 Å². The Balaban J connectivity index is 2.84. The van der Waals surface area contributed by atoms with Crippen LogP contribution in [0.1, 0.15) is 13.8 Å². The smallest absolute Gasteiger partial charge is 0.303 e. The largest absolute Gasteiger partial charge is 0.456 e.